The zero-order valence-corrected chi connectivity index (χ0v) is 19.1. The zero-order valence-electron chi connectivity index (χ0n) is 19.1. The van der Waals surface area contributed by atoms with Crippen molar-refractivity contribution < 1.29 is 18.9 Å². The highest BCUT2D eigenvalue weighted by Crippen LogP contribution is 2.22. The van der Waals surface area contributed by atoms with Gasteiger partial charge in [-0.25, -0.2) is 10.1 Å². The Morgan fingerprint density at radius 3 is 2.71 bits per heavy atom. The number of carbonyl (C=O) groups is 1. The maximum Gasteiger partial charge on any atom is 0.293 e. The molecule has 0 unspecified atom stereocenters. The maximum atomic E-state index is 13.0. The van der Waals surface area contributed by atoms with Crippen molar-refractivity contribution in [3.05, 3.63) is 35.2 Å². The van der Waals surface area contributed by atoms with E-state index in [9.17, 15) is 4.79 Å². The van der Waals surface area contributed by atoms with Crippen molar-refractivity contribution in [1.29, 1.82) is 0 Å². The number of ether oxygens (including phenoxy) is 2. The number of rotatable bonds is 8. The molecule has 0 radical (unpaired) electrons. The fraction of sp³-hybridized carbons (Fsp3) is 0.400. The number of carbonyl (C=O) groups excluding carboxylic acids is 1. The van der Waals surface area contributed by atoms with E-state index < -0.39 is 5.91 Å². The summed E-state index contributed by atoms with van der Waals surface area (Å²) in [6, 6.07) is 5.25. The third-order valence-electron chi connectivity index (χ3n) is 5.45. The predicted molar refractivity (Wildman–Crippen MR) is 121 cm³/mol. The summed E-state index contributed by atoms with van der Waals surface area (Å²) in [5.41, 5.74) is 9.57. The van der Waals surface area contributed by atoms with E-state index in [-0.39, 0.29) is 17.3 Å². The van der Waals surface area contributed by atoms with Gasteiger partial charge in [0.2, 0.25) is 11.6 Å². The summed E-state index contributed by atoms with van der Waals surface area (Å²) in [7, 11) is 5.18. The van der Waals surface area contributed by atoms with Crippen molar-refractivity contribution in [2.24, 2.45) is 5.10 Å². The van der Waals surface area contributed by atoms with Crippen LogP contribution in [0.5, 0.6) is 11.5 Å². The molecule has 4 rings (SSSR count). The molecular weight excluding hydrogens is 444 g/mol. The molecule has 0 saturated carbocycles. The Balaban J connectivity index is 1.57. The van der Waals surface area contributed by atoms with E-state index in [1.807, 2.05) is 0 Å². The van der Waals surface area contributed by atoms with Gasteiger partial charge in [-0.2, -0.15) is 9.78 Å². The average molecular weight is 470 g/mol. The third-order valence-corrected chi connectivity index (χ3v) is 5.45. The summed E-state index contributed by atoms with van der Waals surface area (Å²) in [4.78, 5) is 17.4. The Hall–Kier alpha value is -4.04. The Kier molecular flexibility index (Phi) is 6.98. The number of nitrogens with one attached hydrogen (secondary N) is 1. The largest absolute Gasteiger partial charge is 0.497 e. The number of likely N-dealkylation sites (N-methyl/N-ethyl adjacent to an activating group) is 1. The van der Waals surface area contributed by atoms with Gasteiger partial charge in [-0.3, -0.25) is 9.69 Å². The van der Waals surface area contributed by atoms with Gasteiger partial charge in [0.15, 0.2) is 5.69 Å². The molecular formula is C20H26N10O4. The Bertz CT molecular complexity index is 1170. The van der Waals surface area contributed by atoms with Crippen molar-refractivity contribution in [3.8, 4) is 17.3 Å². The second-order valence-electron chi connectivity index (χ2n) is 7.66. The second-order valence-corrected chi connectivity index (χ2v) is 7.66. The number of hydrazone groups is 1. The molecule has 0 aliphatic carbocycles. The van der Waals surface area contributed by atoms with E-state index in [1.54, 1.807) is 32.4 Å². The summed E-state index contributed by atoms with van der Waals surface area (Å²) in [5.74, 6) is 0.878. The smallest absolute Gasteiger partial charge is 0.293 e. The van der Waals surface area contributed by atoms with Crippen LogP contribution in [0.1, 0.15) is 21.7 Å². The highest BCUT2D eigenvalue weighted by Gasteiger charge is 2.26. The van der Waals surface area contributed by atoms with Crippen LogP contribution in [0.25, 0.3) is 5.82 Å². The molecule has 14 nitrogen and oxygen atoms in total. The van der Waals surface area contributed by atoms with Gasteiger partial charge in [-0.15, -0.1) is 5.10 Å². The molecule has 1 saturated heterocycles. The summed E-state index contributed by atoms with van der Waals surface area (Å²) in [6.07, 6.45) is 1.46. The topological polar surface area (TPSA) is 162 Å². The van der Waals surface area contributed by atoms with Crippen LogP contribution in [0.15, 0.2) is 27.9 Å². The number of anilines is 1. The molecule has 3 heterocycles. The van der Waals surface area contributed by atoms with Gasteiger partial charge >= 0.3 is 0 Å². The van der Waals surface area contributed by atoms with Crippen LogP contribution in [-0.2, 0) is 6.54 Å². The number of hydrogen-bond acceptors (Lipinski definition) is 12. The number of nitrogen functional groups attached to an aromatic ring is 1. The van der Waals surface area contributed by atoms with Crippen LogP contribution in [0.3, 0.4) is 0 Å². The van der Waals surface area contributed by atoms with Gasteiger partial charge in [0.25, 0.3) is 5.91 Å². The van der Waals surface area contributed by atoms with Crippen molar-refractivity contribution in [1.82, 2.24) is 40.5 Å². The summed E-state index contributed by atoms with van der Waals surface area (Å²) < 4.78 is 16.6. The first-order chi connectivity index (χ1) is 16.5. The first-order valence-electron chi connectivity index (χ1n) is 10.5. The molecule has 3 aromatic rings. The van der Waals surface area contributed by atoms with E-state index in [1.165, 1.54) is 10.9 Å². The molecule has 34 heavy (non-hydrogen) atoms. The molecule has 0 spiro atoms. The Morgan fingerprint density at radius 1 is 1.24 bits per heavy atom. The lowest BCUT2D eigenvalue weighted by molar-refractivity contribution is 0.0946. The van der Waals surface area contributed by atoms with E-state index in [0.29, 0.717) is 29.3 Å². The van der Waals surface area contributed by atoms with Gasteiger partial charge in [0, 0.05) is 38.3 Å². The van der Waals surface area contributed by atoms with Gasteiger partial charge < -0.3 is 20.1 Å². The first-order valence-corrected chi connectivity index (χ1v) is 10.5. The van der Waals surface area contributed by atoms with E-state index in [2.05, 4.69) is 48.0 Å². The second kappa shape index (κ2) is 10.3. The molecule has 1 aliphatic rings. The molecule has 3 N–H and O–H groups in total. The van der Waals surface area contributed by atoms with Crippen LogP contribution in [0.4, 0.5) is 5.82 Å². The van der Waals surface area contributed by atoms with Gasteiger partial charge in [-0.1, -0.05) is 5.21 Å². The van der Waals surface area contributed by atoms with Gasteiger partial charge in [0.1, 0.15) is 11.5 Å². The van der Waals surface area contributed by atoms with Crippen LogP contribution in [-0.4, -0.2) is 94.7 Å². The molecule has 1 aliphatic heterocycles. The SMILES string of the molecule is COc1ccc(OC)c(/C=N\NC(=O)c2nnn(-c3nonc3N)c2CN2CCN(C)CC2)c1. The number of hydrogen-bond donors (Lipinski definition) is 2. The van der Waals surface area contributed by atoms with Crippen molar-refractivity contribution in [2.45, 2.75) is 6.54 Å². The summed E-state index contributed by atoms with van der Waals surface area (Å²) in [5, 5.41) is 19.6. The lowest BCUT2D eigenvalue weighted by Crippen LogP contribution is -2.44. The predicted octanol–water partition coefficient (Wildman–Crippen LogP) is -0.239. The molecule has 180 valence electrons. The Labute approximate surface area is 195 Å². The monoisotopic (exact) mass is 470 g/mol. The number of benzene rings is 1. The van der Waals surface area contributed by atoms with Gasteiger partial charge in [0.05, 0.1) is 26.1 Å². The van der Waals surface area contributed by atoms with E-state index >= 15 is 0 Å². The third kappa shape index (κ3) is 4.97. The van der Waals surface area contributed by atoms with Crippen LogP contribution >= 0.6 is 0 Å². The van der Waals surface area contributed by atoms with Crippen molar-refractivity contribution >= 4 is 17.9 Å². The lowest BCUT2D eigenvalue weighted by atomic mass is 10.2. The average Bonchev–Trinajstić information content (AvgIpc) is 3.45. The minimum absolute atomic E-state index is 0.0413. The lowest BCUT2D eigenvalue weighted by Gasteiger charge is -2.32. The highest BCUT2D eigenvalue weighted by molar-refractivity contribution is 5.94. The Morgan fingerprint density at radius 2 is 2.03 bits per heavy atom. The number of aromatic nitrogens is 5. The highest BCUT2D eigenvalue weighted by atomic mass is 16.6. The van der Waals surface area contributed by atoms with E-state index in [4.69, 9.17) is 19.8 Å². The summed E-state index contributed by atoms with van der Waals surface area (Å²) in [6.45, 7) is 3.86. The minimum atomic E-state index is -0.538. The molecule has 1 amide bonds. The molecule has 14 heteroatoms. The fourth-order valence-electron chi connectivity index (χ4n) is 3.50. The minimum Gasteiger partial charge on any atom is -0.497 e. The number of methoxy groups -OCH3 is 2. The maximum absolute atomic E-state index is 13.0. The van der Waals surface area contributed by atoms with Crippen LogP contribution in [0.2, 0.25) is 0 Å². The van der Waals surface area contributed by atoms with Crippen molar-refractivity contribution in [2.75, 3.05) is 53.2 Å². The standard InChI is InChI=1S/C20H26N10O4/c1-28-6-8-29(9-7-28)12-15-17(23-27-30(15)19-18(21)25-34-26-19)20(31)24-22-11-13-10-14(32-2)4-5-16(13)33-3/h4-5,10-11H,6-9,12H2,1-3H3,(H2,21,25)(H,24,31)/b22-11-. The first kappa shape index (κ1) is 23.1. The number of nitrogens with zero attached hydrogens (tertiary/aromatic N) is 8. The summed E-state index contributed by atoms with van der Waals surface area (Å²) >= 11 is 0. The number of piperazine rings is 1. The molecule has 0 bridgehead atoms. The molecule has 2 aromatic heterocycles. The zero-order chi connectivity index (χ0) is 24.1. The van der Waals surface area contributed by atoms with Crippen molar-refractivity contribution in [3.63, 3.8) is 0 Å². The number of nitrogens with two attached hydrogens (primary N) is 1. The molecule has 0 atom stereocenters. The number of amides is 1. The van der Waals surface area contributed by atoms with Crippen LogP contribution < -0.4 is 20.6 Å². The normalized spacial score (nSPS) is 15.0. The molecule has 1 fully saturated rings. The fourth-order valence-corrected chi connectivity index (χ4v) is 3.50. The molecule has 1 aromatic carbocycles. The van der Waals surface area contributed by atoms with E-state index in [0.717, 1.165) is 26.2 Å². The van der Waals surface area contributed by atoms with Crippen LogP contribution in [0, 0.1) is 0 Å². The quantitative estimate of drug-likeness (QED) is 0.330. The van der Waals surface area contributed by atoms with Gasteiger partial charge in [-0.05, 0) is 35.6 Å².